The molecule has 1 aliphatic rings. The van der Waals surface area contributed by atoms with Crippen LogP contribution in [0.5, 0.6) is 0 Å². The van der Waals surface area contributed by atoms with Crippen LogP contribution in [0.2, 0.25) is 0 Å². The van der Waals surface area contributed by atoms with Crippen molar-refractivity contribution in [2.24, 2.45) is 0 Å². The number of β-amino-alcohol motifs (C(OH)–C–C–N with tert-alkyl or cyclic N) is 1. The van der Waals surface area contributed by atoms with E-state index in [0.29, 0.717) is 5.56 Å². The van der Waals surface area contributed by atoms with Crippen molar-refractivity contribution in [2.75, 3.05) is 11.4 Å². The molecule has 1 aliphatic heterocycles. The van der Waals surface area contributed by atoms with Gasteiger partial charge >= 0.3 is 6.18 Å². The van der Waals surface area contributed by atoms with E-state index in [2.05, 4.69) is 9.97 Å². The molecule has 2 aromatic rings. The minimum atomic E-state index is -4.44. The molecule has 0 spiro atoms. The van der Waals surface area contributed by atoms with Crippen molar-refractivity contribution in [3.8, 4) is 0 Å². The fourth-order valence-electron chi connectivity index (χ4n) is 2.73. The van der Waals surface area contributed by atoms with Crippen LogP contribution in [-0.2, 0) is 6.18 Å². The summed E-state index contributed by atoms with van der Waals surface area (Å²) in [7, 11) is 0. The molecule has 122 valence electrons. The van der Waals surface area contributed by atoms with Gasteiger partial charge in [0.05, 0.1) is 30.1 Å². The van der Waals surface area contributed by atoms with Crippen LogP contribution in [-0.4, -0.2) is 27.7 Å². The summed E-state index contributed by atoms with van der Waals surface area (Å²) in [6.45, 7) is 0.173. The monoisotopic (exact) mass is 327 g/mol. The summed E-state index contributed by atoms with van der Waals surface area (Å²) < 4.78 is 51.5. The minimum absolute atomic E-state index is 0.172. The molecular weight excluding hydrogens is 314 g/mol. The molecule has 1 N–H and O–H groups in total. The van der Waals surface area contributed by atoms with E-state index in [9.17, 15) is 22.7 Å². The molecule has 2 atom stereocenters. The Morgan fingerprint density at radius 3 is 2.52 bits per heavy atom. The van der Waals surface area contributed by atoms with E-state index in [1.54, 1.807) is 11.0 Å². The van der Waals surface area contributed by atoms with Crippen molar-refractivity contribution in [3.63, 3.8) is 0 Å². The highest BCUT2D eigenvalue weighted by atomic mass is 19.4. The maximum atomic E-state index is 12.9. The molecule has 1 aromatic heterocycles. The van der Waals surface area contributed by atoms with Gasteiger partial charge in [-0.25, -0.2) is 14.4 Å². The number of rotatable bonds is 2. The Morgan fingerprint density at radius 1 is 1.17 bits per heavy atom. The molecule has 1 aromatic carbocycles. The molecule has 0 bridgehead atoms. The molecule has 0 saturated carbocycles. The Kier molecular flexibility index (Phi) is 3.93. The number of alkyl halides is 3. The summed E-state index contributed by atoms with van der Waals surface area (Å²) in [6.07, 6.45) is -2.94. The molecule has 2 heterocycles. The molecule has 0 aliphatic carbocycles. The number of anilines is 1. The smallest absolute Gasteiger partial charge is 0.391 e. The first-order valence-electron chi connectivity index (χ1n) is 6.94. The third kappa shape index (κ3) is 3.26. The van der Waals surface area contributed by atoms with Gasteiger partial charge in [-0.3, -0.25) is 0 Å². The number of hydrogen-bond donors (Lipinski definition) is 1. The van der Waals surface area contributed by atoms with Gasteiger partial charge in [-0.05, 0) is 24.1 Å². The molecule has 1 fully saturated rings. The van der Waals surface area contributed by atoms with E-state index in [-0.39, 0.29) is 18.9 Å². The lowest BCUT2D eigenvalue weighted by Gasteiger charge is -2.25. The van der Waals surface area contributed by atoms with Crippen LogP contribution in [0.4, 0.5) is 23.5 Å². The summed E-state index contributed by atoms with van der Waals surface area (Å²) >= 11 is 0. The lowest BCUT2D eigenvalue weighted by Crippen LogP contribution is -2.26. The van der Waals surface area contributed by atoms with E-state index in [1.807, 2.05) is 0 Å². The molecule has 1 saturated heterocycles. The van der Waals surface area contributed by atoms with Crippen LogP contribution in [0.25, 0.3) is 0 Å². The van der Waals surface area contributed by atoms with Crippen molar-refractivity contribution in [1.82, 2.24) is 9.97 Å². The highest BCUT2D eigenvalue weighted by Crippen LogP contribution is 2.37. The SMILES string of the molecule is O[C@H]1C[C@@H](c2cccc(C(F)(F)F)c2)N(c2ncc(F)cn2)C1. The zero-order chi connectivity index (χ0) is 16.6. The number of aromatic nitrogens is 2. The number of aliphatic hydroxyl groups excluding tert-OH is 1. The Labute approximate surface area is 129 Å². The molecule has 0 unspecified atom stereocenters. The van der Waals surface area contributed by atoms with Crippen molar-refractivity contribution >= 4 is 5.95 Å². The van der Waals surface area contributed by atoms with Gasteiger partial charge in [0.2, 0.25) is 5.95 Å². The Bertz CT molecular complexity index is 690. The normalized spacial score (nSPS) is 21.7. The van der Waals surface area contributed by atoms with E-state index in [0.717, 1.165) is 24.5 Å². The molecule has 23 heavy (non-hydrogen) atoms. The van der Waals surface area contributed by atoms with Crippen LogP contribution in [0.15, 0.2) is 36.7 Å². The van der Waals surface area contributed by atoms with E-state index in [4.69, 9.17) is 0 Å². The van der Waals surface area contributed by atoms with Crippen LogP contribution < -0.4 is 4.90 Å². The zero-order valence-electron chi connectivity index (χ0n) is 11.8. The minimum Gasteiger partial charge on any atom is -0.391 e. The topological polar surface area (TPSA) is 49.2 Å². The Hall–Kier alpha value is -2.22. The maximum Gasteiger partial charge on any atom is 0.416 e. The predicted octanol–water partition coefficient (Wildman–Crippen LogP) is 2.95. The van der Waals surface area contributed by atoms with Gasteiger partial charge < -0.3 is 10.0 Å². The lowest BCUT2D eigenvalue weighted by molar-refractivity contribution is -0.137. The largest absolute Gasteiger partial charge is 0.416 e. The third-order valence-electron chi connectivity index (χ3n) is 3.74. The van der Waals surface area contributed by atoms with E-state index in [1.165, 1.54) is 6.07 Å². The average Bonchev–Trinajstić information content (AvgIpc) is 2.89. The van der Waals surface area contributed by atoms with Gasteiger partial charge in [-0.15, -0.1) is 0 Å². The summed E-state index contributed by atoms with van der Waals surface area (Å²) in [5, 5.41) is 9.88. The Balaban J connectivity index is 1.95. The predicted molar refractivity (Wildman–Crippen MR) is 74.1 cm³/mol. The molecule has 0 radical (unpaired) electrons. The van der Waals surface area contributed by atoms with Crippen LogP contribution in [0.3, 0.4) is 0 Å². The van der Waals surface area contributed by atoms with Crippen molar-refractivity contribution < 1.29 is 22.7 Å². The Morgan fingerprint density at radius 2 is 1.87 bits per heavy atom. The summed E-state index contributed by atoms with van der Waals surface area (Å²) in [5.41, 5.74) is -0.347. The molecular formula is C15H13F4N3O. The number of nitrogens with zero attached hydrogens (tertiary/aromatic N) is 3. The highest BCUT2D eigenvalue weighted by molar-refractivity contribution is 5.40. The van der Waals surface area contributed by atoms with Crippen LogP contribution >= 0.6 is 0 Å². The third-order valence-corrected chi connectivity index (χ3v) is 3.74. The molecule has 8 heteroatoms. The fourth-order valence-corrected chi connectivity index (χ4v) is 2.73. The number of benzene rings is 1. The van der Waals surface area contributed by atoms with E-state index >= 15 is 0 Å². The molecule has 0 amide bonds. The van der Waals surface area contributed by atoms with Gasteiger partial charge in [0.1, 0.15) is 0 Å². The summed E-state index contributed by atoms with van der Waals surface area (Å²) in [6, 6.07) is 4.44. The van der Waals surface area contributed by atoms with Crippen molar-refractivity contribution in [2.45, 2.75) is 24.7 Å². The first-order valence-corrected chi connectivity index (χ1v) is 6.94. The second-order valence-corrected chi connectivity index (χ2v) is 5.38. The second-order valence-electron chi connectivity index (χ2n) is 5.38. The second kappa shape index (κ2) is 5.77. The summed E-state index contributed by atoms with van der Waals surface area (Å²) in [5.74, 6) is -0.436. The standard InChI is InChI=1S/C15H13F4N3O/c16-11-6-20-14(21-7-11)22-8-12(23)5-13(22)9-2-1-3-10(4-9)15(17,18)19/h1-4,6-7,12-13,23H,5,8H2/t12-,13-/m0/s1. The highest BCUT2D eigenvalue weighted by Gasteiger charge is 2.36. The quantitative estimate of drug-likeness (QED) is 0.862. The van der Waals surface area contributed by atoms with Gasteiger partial charge in [0.25, 0.3) is 0 Å². The van der Waals surface area contributed by atoms with Crippen LogP contribution in [0.1, 0.15) is 23.6 Å². The van der Waals surface area contributed by atoms with Crippen molar-refractivity contribution in [3.05, 3.63) is 53.6 Å². The lowest BCUT2D eigenvalue weighted by atomic mass is 10.0. The van der Waals surface area contributed by atoms with Gasteiger partial charge in [-0.2, -0.15) is 13.2 Å². The van der Waals surface area contributed by atoms with Gasteiger partial charge in [-0.1, -0.05) is 12.1 Å². The first-order chi connectivity index (χ1) is 10.8. The maximum absolute atomic E-state index is 12.9. The van der Waals surface area contributed by atoms with E-state index < -0.39 is 29.7 Å². The fraction of sp³-hybridized carbons (Fsp3) is 0.333. The zero-order valence-corrected chi connectivity index (χ0v) is 11.8. The number of hydrogen-bond acceptors (Lipinski definition) is 4. The van der Waals surface area contributed by atoms with Gasteiger partial charge in [0.15, 0.2) is 5.82 Å². The first kappa shape index (κ1) is 15.7. The molecule has 3 rings (SSSR count). The summed E-state index contributed by atoms with van der Waals surface area (Å²) in [4.78, 5) is 9.28. The van der Waals surface area contributed by atoms with Gasteiger partial charge in [0, 0.05) is 6.54 Å². The number of aliphatic hydroxyl groups is 1. The average molecular weight is 327 g/mol. The number of halogens is 4. The van der Waals surface area contributed by atoms with Crippen molar-refractivity contribution in [1.29, 1.82) is 0 Å². The van der Waals surface area contributed by atoms with Crippen LogP contribution in [0, 0.1) is 5.82 Å². The molecule has 4 nitrogen and oxygen atoms in total.